The Morgan fingerprint density at radius 1 is 1.11 bits per heavy atom. The molecule has 1 rings (SSSR count). The summed E-state index contributed by atoms with van der Waals surface area (Å²) in [4.78, 5) is 0.302. The summed E-state index contributed by atoms with van der Waals surface area (Å²) in [5.41, 5.74) is 0.977. The average Bonchev–Trinajstić information content (AvgIpc) is 2.17. The van der Waals surface area contributed by atoms with Crippen molar-refractivity contribution in [3.05, 3.63) is 23.3 Å². The van der Waals surface area contributed by atoms with Crippen molar-refractivity contribution in [3.63, 3.8) is 0 Å². The van der Waals surface area contributed by atoms with Gasteiger partial charge in [-0.2, -0.15) is 0 Å². The highest BCUT2D eigenvalue weighted by Crippen LogP contribution is 2.26. The maximum Gasteiger partial charge on any atom is 0.241 e. The number of nitrogens with one attached hydrogen (secondary N) is 1. The Hall–Kier alpha value is -1.07. The summed E-state index contributed by atoms with van der Waals surface area (Å²) in [6, 6.07) is 3.38. The van der Waals surface area contributed by atoms with Gasteiger partial charge in [0, 0.05) is 5.54 Å². The molecule has 0 bridgehead atoms. The molecule has 0 atom stereocenters. The van der Waals surface area contributed by atoms with E-state index < -0.39 is 15.6 Å². The minimum Gasteiger partial charge on any atom is -0.496 e. The van der Waals surface area contributed by atoms with Crippen LogP contribution in [0.5, 0.6) is 5.75 Å². The van der Waals surface area contributed by atoms with Crippen molar-refractivity contribution >= 4 is 10.0 Å². The molecule has 0 unspecified atom stereocenters. The van der Waals surface area contributed by atoms with Crippen LogP contribution in [0.25, 0.3) is 0 Å². The van der Waals surface area contributed by atoms with Crippen LogP contribution in [0.3, 0.4) is 0 Å². The van der Waals surface area contributed by atoms with Gasteiger partial charge in [-0.3, -0.25) is 0 Å². The molecule has 1 aromatic carbocycles. The fourth-order valence-corrected chi connectivity index (χ4v) is 3.46. The minimum atomic E-state index is -3.50. The second-order valence-electron chi connectivity index (χ2n) is 5.44. The summed E-state index contributed by atoms with van der Waals surface area (Å²) < 4.78 is 32.4. The van der Waals surface area contributed by atoms with Crippen LogP contribution in [-0.2, 0) is 10.0 Å². The summed E-state index contributed by atoms with van der Waals surface area (Å²) in [6.07, 6.45) is 0. The van der Waals surface area contributed by atoms with Gasteiger partial charge in [0.1, 0.15) is 5.75 Å². The van der Waals surface area contributed by atoms with Crippen LogP contribution in [0.2, 0.25) is 0 Å². The number of aryl methyl sites for hydroxylation is 2. The van der Waals surface area contributed by atoms with Crippen LogP contribution in [0.4, 0.5) is 0 Å². The molecule has 0 saturated carbocycles. The normalized spacial score (nSPS) is 12.6. The van der Waals surface area contributed by atoms with Crippen molar-refractivity contribution in [1.82, 2.24) is 4.72 Å². The third-order valence-electron chi connectivity index (χ3n) is 2.42. The minimum absolute atomic E-state index is 0.302. The van der Waals surface area contributed by atoms with E-state index in [0.717, 1.165) is 5.56 Å². The number of methoxy groups -OCH3 is 1. The molecule has 0 aliphatic heterocycles. The molecule has 0 spiro atoms. The van der Waals surface area contributed by atoms with Crippen LogP contribution in [-0.4, -0.2) is 21.1 Å². The van der Waals surface area contributed by atoms with Crippen LogP contribution in [0.15, 0.2) is 17.0 Å². The molecule has 1 aromatic rings. The lowest BCUT2D eigenvalue weighted by molar-refractivity contribution is 0.411. The van der Waals surface area contributed by atoms with Gasteiger partial charge in [-0.25, -0.2) is 13.1 Å². The van der Waals surface area contributed by atoms with Crippen molar-refractivity contribution in [1.29, 1.82) is 0 Å². The van der Waals surface area contributed by atoms with Crippen molar-refractivity contribution in [2.75, 3.05) is 7.11 Å². The van der Waals surface area contributed by atoms with Crippen molar-refractivity contribution < 1.29 is 13.2 Å². The zero-order valence-corrected chi connectivity index (χ0v) is 12.6. The molecule has 5 heteroatoms. The molecule has 0 radical (unpaired) electrons. The second kappa shape index (κ2) is 4.90. The van der Waals surface area contributed by atoms with E-state index in [9.17, 15) is 8.42 Å². The molecule has 0 aliphatic rings. The standard InChI is InChI=1S/C13H21NO3S/c1-9-8-12(10(2)7-11(9)17-6)18(15,16)14-13(3,4)5/h7-8,14H,1-6H3. The van der Waals surface area contributed by atoms with Crippen LogP contribution >= 0.6 is 0 Å². The van der Waals surface area contributed by atoms with Gasteiger partial charge in [0.15, 0.2) is 0 Å². The highest BCUT2D eigenvalue weighted by atomic mass is 32.2. The first-order valence-electron chi connectivity index (χ1n) is 5.76. The summed E-state index contributed by atoms with van der Waals surface area (Å²) in [5.74, 6) is 0.696. The molecular weight excluding hydrogens is 250 g/mol. The predicted octanol–water partition coefficient (Wildman–Crippen LogP) is 2.39. The van der Waals surface area contributed by atoms with Gasteiger partial charge in [-0.05, 0) is 57.9 Å². The lowest BCUT2D eigenvalue weighted by atomic mass is 10.1. The zero-order valence-electron chi connectivity index (χ0n) is 11.8. The first-order chi connectivity index (χ1) is 8.07. The third kappa shape index (κ3) is 3.46. The Bertz CT molecular complexity index is 542. The lowest BCUT2D eigenvalue weighted by Crippen LogP contribution is -2.40. The number of sulfonamides is 1. The number of benzene rings is 1. The molecule has 4 nitrogen and oxygen atoms in total. The number of ether oxygens (including phenoxy) is 1. The van der Waals surface area contributed by atoms with E-state index in [1.54, 1.807) is 26.2 Å². The Morgan fingerprint density at radius 2 is 1.67 bits per heavy atom. The Kier molecular flexibility index (Phi) is 4.08. The summed E-state index contributed by atoms with van der Waals surface area (Å²) in [6.45, 7) is 9.04. The highest BCUT2D eigenvalue weighted by molar-refractivity contribution is 7.89. The van der Waals surface area contributed by atoms with E-state index in [-0.39, 0.29) is 0 Å². The Morgan fingerprint density at radius 3 is 2.11 bits per heavy atom. The quantitative estimate of drug-likeness (QED) is 0.918. The van der Waals surface area contributed by atoms with Gasteiger partial charge in [0.25, 0.3) is 0 Å². The number of hydrogen-bond donors (Lipinski definition) is 1. The van der Waals surface area contributed by atoms with E-state index in [2.05, 4.69) is 4.72 Å². The average molecular weight is 271 g/mol. The molecule has 0 fully saturated rings. The fourth-order valence-electron chi connectivity index (χ4n) is 1.73. The smallest absolute Gasteiger partial charge is 0.241 e. The van der Waals surface area contributed by atoms with E-state index in [0.29, 0.717) is 16.2 Å². The van der Waals surface area contributed by atoms with Gasteiger partial charge in [0.2, 0.25) is 10.0 Å². The van der Waals surface area contributed by atoms with Crippen molar-refractivity contribution in [2.45, 2.75) is 45.1 Å². The topological polar surface area (TPSA) is 55.4 Å². The Balaban J connectivity index is 3.30. The number of hydrogen-bond acceptors (Lipinski definition) is 3. The summed E-state index contributed by atoms with van der Waals surface area (Å²) >= 11 is 0. The van der Waals surface area contributed by atoms with Gasteiger partial charge in [-0.15, -0.1) is 0 Å². The second-order valence-corrected chi connectivity index (χ2v) is 7.09. The molecule has 0 aliphatic carbocycles. The molecule has 102 valence electrons. The van der Waals surface area contributed by atoms with E-state index in [1.807, 2.05) is 27.7 Å². The molecule has 0 amide bonds. The van der Waals surface area contributed by atoms with Crippen LogP contribution in [0.1, 0.15) is 31.9 Å². The SMILES string of the molecule is COc1cc(C)c(S(=O)(=O)NC(C)(C)C)cc1C. The lowest BCUT2D eigenvalue weighted by Gasteiger charge is -2.21. The van der Waals surface area contributed by atoms with Crippen molar-refractivity contribution in [3.8, 4) is 5.75 Å². The van der Waals surface area contributed by atoms with E-state index >= 15 is 0 Å². The maximum absolute atomic E-state index is 12.3. The molecule has 0 saturated heterocycles. The molecular formula is C13H21NO3S. The van der Waals surface area contributed by atoms with E-state index in [4.69, 9.17) is 4.74 Å². The molecule has 18 heavy (non-hydrogen) atoms. The van der Waals surface area contributed by atoms with Gasteiger partial charge >= 0.3 is 0 Å². The molecule has 0 aromatic heterocycles. The first kappa shape index (κ1) is 15.0. The Labute approximate surface area is 109 Å². The van der Waals surface area contributed by atoms with Gasteiger partial charge in [0.05, 0.1) is 12.0 Å². The number of rotatable bonds is 3. The first-order valence-corrected chi connectivity index (χ1v) is 7.24. The summed E-state index contributed by atoms with van der Waals surface area (Å²) in [7, 11) is -1.93. The summed E-state index contributed by atoms with van der Waals surface area (Å²) in [5, 5.41) is 0. The van der Waals surface area contributed by atoms with E-state index in [1.165, 1.54) is 0 Å². The van der Waals surface area contributed by atoms with Crippen molar-refractivity contribution in [2.24, 2.45) is 0 Å². The zero-order chi connectivity index (χ0) is 14.1. The largest absolute Gasteiger partial charge is 0.496 e. The predicted molar refractivity (Wildman–Crippen MR) is 72.5 cm³/mol. The fraction of sp³-hybridized carbons (Fsp3) is 0.538. The third-order valence-corrected chi connectivity index (χ3v) is 4.32. The highest BCUT2D eigenvalue weighted by Gasteiger charge is 2.24. The van der Waals surface area contributed by atoms with Gasteiger partial charge < -0.3 is 4.74 Å². The van der Waals surface area contributed by atoms with Gasteiger partial charge in [-0.1, -0.05) is 0 Å². The maximum atomic E-state index is 12.3. The monoisotopic (exact) mass is 271 g/mol. The van der Waals surface area contributed by atoms with Crippen LogP contribution < -0.4 is 9.46 Å². The molecule has 1 N–H and O–H groups in total. The molecule has 0 heterocycles. The van der Waals surface area contributed by atoms with Crippen LogP contribution in [0, 0.1) is 13.8 Å².